The molecular weight excluding hydrogens is 249 g/mol. The molecule has 84 valence electrons. The number of hydrogen-bond donors (Lipinski definition) is 2. The van der Waals surface area contributed by atoms with E-state index in [0.29, 0.717) is 10.0 Å². The molecule has 0 spiro atoms. The van der Waals surface area contributed by atoms with E-state index in [1.54, 1.807) is 12.1 Å². The van der Waals surface area contributed by atoms with E-state index >= 15 is 0 Å². The number of halogens is 2. The molecule has 1 heterocycles. The fraction of sp³-hybridized carbons (Fsp3) is 0.182. The molecule has 2 rings (SSSR count). The summed E-state index contributed by atoms with van der Waals surface area (Å²) in [5.74, 6) is -0.866. The van der Waals surface area contributed by atoms with Gasteiger partial charge in [-0.3, -0.25) is 4.79 Å². The van der Waals surface area contributed by atoms with Gasteiger partial charge in [0.2, 0.25) is 0 Å². The summed E-state index contributed by atoms with van der Waals surface area (Å²) in [5.41, 5.74) is 2.39. The van der Waals surface area contributed by atoms with Gasteiger partial charge in [-0.05, 0) is 24.6 Å². The first kappa shape index (κ1) is 11.3. The molecule has 0 atom stereocenters. The fourth-order valence-electron chi connectivity index (χ4n) is 1.76. The quantitative estimate of drug-likeness (QED) is 0.867. The van der Waals surface area contributed by atoms with Crippen molar-refractivity contribution in [1.29, 1.82) is 0 Å². The molecule has 1 aromatic heterocycles. The predicted molar refractivity (Wildman–Crippen MR) is 64.4 cm³/mol. The number of hydrogen-bond acceptors (Lipinski definition) is 1. The summed E-state index contributed by atoms with van der Waals surface area (Å²) in [6.07, 6.45) is -0.0240. The highest BCUT2D eigenvalue weighted by molar-refractivity contribution is 6.42. The second-order valence-corrected chi connectivity index (χ2v) is 4.43. The largest absolute Gasteiger partial charge is 0.481 e. The molecule has 0 bridgehead atoms. The minimum Gasteiger partial charge on any atom is -0.481 e. The van der Waals surface area contributed by atoms with Crippen LogP contribution in [0.5, 0.6) is 0 Å². The molecule has 1 aromatic carbocycles. The number of aryl methyl sites for hydroxylation is 1. The van der Waals surface area contributed by atoms with Gasteiger partial charge in [-0.1, -0.05) is 23.2 Å². The van der Waals surface area contributed by atoms with Crippen molar-refractivity contribution in [2.75, 3.05) is 0 Å². The van der Waals surface area contributed by atoms with Gasteiger partial charge in [0.05, 0.1) is 16.5 Å². The van der Waals surface area contributed by atoms with Crippen LogP contribution < -0.4 is 0 Å². The summed E-state index contributed by atoms with van der Waals surface area (Å²) in [6, 6.07) is 3.40. The summed E-state index contributed by atoms with van der Waals surface area (Å²) in [7, 11) is 0. The molecule has 2 aromatic rings. The van der Waals surface area contributed by atoms with E-state index in [1.165, 1.54) is 0 Å². The molecule has 0 fully saturated rings. The minimum absolute atomic E-state index is 0.0240. The van der Waals surface area contributed by atoms with Crippen LogP contribution in [0.2, 0.25) is 10.0 Å². The van der Waals surface area contributed by atoms with Gasteiger partial charge in [-0.15, -0.1) is 0 Å². The van der Waals surface area contributed by atoms with Crippen LogP contribution in [-0.4, -0.2) is 16.1 Å². The van der Waals surface area contributed by atoms with Crippen LogP contribution >= 0.6 is 23.2 Å². The highest BCUT2D eigenvalue weighted by Crippen LogP contribution is 2.31. The van der Waals surface area contributed by atoms with Gasteiger partial charge < -0.3 is 10.1 Å². The number of aromatic nitrogens is 1. The van der Waals surface area contributed by atoms with Crippen LogP contribution in [0.4, 0.5) is 0 Å². The number of rotatable bonds is 2. The molecule has 2 N–H and O–H groups in total. The Morgan fingerprint density at radius 3 is 2.62 bits per heavy atom. The van der Waals surface area contributed by atoms with E-state index in [0.717, 1.165) is 22.2 Å². The lowest BCUT2D eigenvalue weighted by Gasteiger charge is -1.98. The van der Waals surface area contributed by atoms with Gasteiger partial charge in [0.25, 0.3) is 0 Å². The van der Waals surface area contributed by atoms with Gasteiger partial charge in [-0.25, -0.2) is 0 Å². The third kappa shape index (κ3) is 1.88. The van der Waals surface area contributed by atoms with Gasteiger partial charge in [0.15, 0.2) is 0 Å². The van der Waals surface area contributed by atoms with Crippen LogP contribution in [0.15, 0.2) is 12.1 Å². The molecule has 0 aliphatic carbocycles. The molecular formula is C11H9Cl2NO2. The van der Waals surface area contributed by atoms with E-state index in [4.69, 9.17) is 28.3 Å². The molecule has 0 aliphatic heterocycles. The SMILES string of the molecule is Cc1[nH]c2cc(Cl)c(Cl)cc2c1CC(=O)O. The average Bonchev–Trinajstić information content (AvgIpc) is 2.45. The minimum atomic E-state index is -0.866. The second kappa shape index (κ2) is 4.00. The zero-order valence-electron chi connectivity index (χ0n) is 8.47. The van der Waals surface area contributed by atoms with E-state index < -0.39 is 5.97 Å². The lowest BCUT2D eigenvalue weighted by Crippen LogP contribution is -2.00. The Kier molecular flexibility index (Phi) is 2.82. The molecule has 0 amide bonds. The highest BCUT2D eigenvalue weighted by Gasteiger charge is 2.13. The van der Waals surface area contributed by atoms with Crippen molar-refractivity contribution in [2.45, 2.75) is 13.3 Å². The van der Waals surface area contributed by atoms with E-state index in [2.05, 4.69) is 4.98 Å². The number of carbonyl (C=O) groups is 1. The molecule has 16 heavy (non-hydrogen) atoms. The van der Waals surface area contributed by atoms with Crippen LogP contribution in [-0.2, 0) is 11.2 Å². The van der Waals surface area contributed by atoms with Crippen molar-refractivity contribution in [2.24, 2.45) is 0 Å². The Morgan fingerprint density at radius 2 is 2.00 bits per heavy atom. The first-order chi connectivity index (χ1) is 7.49. The Balaban J connectivity index is 2.68. The lowest BCUT2D eigenvalue weighted by atomic mass is 10.1. The summed E-state index contributed by atoms with van der Waals surface area (Å²) >= 11 is 11.8. The summed E-state index contributed by atoms with van der Waals surface area (Å²) in [5, 5.41) is 10.5. The first-order valence-corrected chi connectivity index (χ1v) is 5.42. The van der Waals surface area contributed by atoms with Crippen molar-refractivity contribution in [3.05, 3.63) is 33.4 Å². The summed E-state index contributed by atoms with van der Waals surface area (Å²) in [6.45, 7) is 1.83. The number of carboxylic acid groups (broad SMARTS) is 1. The van der Waals surface area contributed by atoms with Crippen LogP contribution in [0.25, 0.3) is 10.9 Å². The Hall–Kier alpha value is -1.19. The van der Waals surface area contributed by atoms with Crippen molar-refractivity contribution < 1.29 is 9.90 Å². The predicted octanol–water partition coefficient (Wildman–Crippen LogP) is 3.41. The second-order valence-electron chi connectivity index (χ2n) is 3.61. The number of aliphatic carboxylic acids is 1. The number of benzene rings is 1. The molecule has 0 radical (unpaired) electrons. The van der Waals surface area contributed by atoms with Crippen molar-refractivity contribution in [1.82, 2.24) is 4.98 Å². The Labute approximate surface area is 102 Å². The zero-order valence-corrected chi connectivity index (χ0v) is 9.99. The van der Waals surface area contributed by atoms with E-state index in [1.807, 2.05) is 6.92 Å². The highest BCUT2D eigenvalue weighted by atomic mass is 35.5. The van der Waals surface area contributed by atoms with Crippen molar-refractivity contribution in [3.63, 3.8) is 0 Å². The van der Waals surface area contributed by atoms with Gasteiger partial charge in [0, 0.05) is 16.6 Å². The maximum atomic E-state index is 10.7. The number of fused-ring (bicyclic) bond motifs is 1. The van der Waals surface area contributed by atoms with E-state index in [9.17, 15) is 4.79 Å². The fourth-order valence-corrected chi connectivity index (χ4v) is 2.09. The molecule has 0 saturated carbocycles. The normalized spacial score (nSPS) is 10.9. The third-order valence-electron chi connectivity index (χ3n) is 2.49. The number of carboxylic acids is 1. The number of aromatic amines is 1. The van der Waals surface area contributed by atoms with Crippen molar-refractivity contribution in [3.8, 4) is 0 Å². The standard InChI is InChI=1S/C11H9Cl2NO2/c1-5-6(3-11(15)16)7-2-8(12)9(13)4-10(7)14-5/h2,4,14H,3H2,1H3,(H,15,16). The third-order valence-corrected chi connectivity index (χ3v) is 3.21. The van der Waals surface area contributed by atoms with E-state index in [-0.39, 0.29) is 6.42 Å². The van der Waals surface area contributed by atoms with Gasteiger partial charge >= 0.3 is 5.97 Å². The molecule has 0 aliphatic rings. The molecule has 0 unspecified atom stereocenters. The first-order valence-electron chi connectivity index (χ1n) is 4.67. The smallest absolute Gasteiger partial charge is 0.307 e. The Bertz CT molecular complexity index is 575. The lowest BCUT2D eigenvalue weighted by molar-refractivity contribution is -0.136. The number of H-pyrrole nitrogens is 1. The van der Waals surface area contributed by atoms with Crippen molar-refractivity contribution >= 4 is 40.1 Å². The van der Waals surface area contributed by atoms with Crippen LogP contribution in [0.3, 0.4) is 0 Å². The maximum Gasteiger partial charge on any atom is 0.307 e. The summed E-state index contributed by atoms with van der Waals surface area (Å²) in [4.78, 5) is 13.8. The maximum absolute atomic E-state index is 10.7. The monoisotopic (exact) mass is 257 g/mol. The average molecular weight is 258 g/mol. The summed E-state index contributed by atoms with van der Waals surface area (Å²) < 4.78 is 0. The molecule has 3 nitrogen and oxygen atoms in total. The van der Waals surface area contributed by atoms with Gasteiger partial charge in [-0.2, -0.15) is 0 Å². The molecule has 0 saturated heterocycles. The zero-order chi connectivity index (χ0) is 11.9. The van der Waals surface area contributed by atoms with Crippen LogP contribution in [0, 0.1) is 6.92 Å². The topological polar surface area (TPSA) is 53.1 Å². The number of nitrogens with one attached hydrogen (secondary N) is 1. The molecule has 5 heteroatoms. The van der Waals surface area contributed by atoms with Gasteiger partial charge in [0.1, 0.15) is 0 Å². The Morgan fingerprint density at radius 1 is 1.38 bits per heavy atom. The van der Waals surface area contributed by atoms with Crippen LogP contribution in [0.1, 0.15) is 11.3 Å².